The van der Waals surface area contributed by atoms with Crippen LogP contribution in [-0.4, -0.2) is 61.8 Å². The molecule has 5 rings (SSSR count). The first kappa shape index (κ1) is 21.3. The molecule has 9 nitrogen and oxygen atoms in total. The van der Waals surface area contributed by atoms with Crippen LogP contribution in [-0.2, 0) is 11.8 Å². The lowest BCUT2D eigenvalue weighted by molar-refractivity contribution is 0.0321. The van der Waals surface area contributed by atoms with E-state index in [1.807, 2.05) is 38.4 Å². The first-order chi connectivity index (χ1) is 15.9. The minimum atomic E-state index is -0.595. The maximum atomic E-state index is 13.0. The quantitative estimate of drug-likeness (QED) is 0.459. The van der Waals surface area contributed by atoms with Crippen molar-refractivity contribution in [3.8, 4) is 22.6 Å². The topological polar surface area (TPSA) is 112 Å². The summed E-state index contributed by atoms with van der Waals surface area (Å²) < 4.78 is 7.32. The number of nitrogen functional groups attached to an aromatic ring is 1. The molecule has 0 amide bonds. The Kier molecular flexibility index (Phi) is 5.43. The summed E-state index contributed by atoms with van der Waals surface area (Å²) in [4.78, 5) is 28.6. The number of hydrogen-bond donors (Lipinski definition) is 1. The zero-order chi connectivity index (χ0) is 23.1. The summed E-state index contributed by atoms with van der Waals surface area (Å²) in [5.41, 5.74) is 8.96. The number of nitrogens with two attached hydrogens (primary N) is 1. The highest BCUT2D eigenvalue weighted by Gasteiger charge is 2.27. The van der Waals surface area contributed by atoms with Gasteiger partial charge in [0, 0.05) is 43.5 Å². The van der Waals surface area contributed by atoms with Gasteiger partial charge in [0.25, 0.3) is 0 Å². The first-order valence-electron chi connectivity index (χ1n) is 10.5. The summed E-state index contributed by atoms with van der Waals surface area (Å²) in [5.74, 6) is -0.605. The predicted octanol–water partition coefficient (Wildman–Crippen LogP) is 3.19. The number of likely N-dealkylation sites (tertiary alicyclic amines) is 1. The van der Waals surface area contributed by atoms with Gasteiger partial charge in [-0.05, 0) is 37.7 Å². The lowest BCUT2D eigenvalue weighted by Crippen LogP contribution is -2.23. The normalized spacial score (nSPS) is 16.4. The second-order valence-corrected chi connectivity index (χ2v) is 8.55. The third-order valence-corrected chi connectivity index (χ3v) is 5.91. The van der Waals surface area contributed by atoms with Gasteiger partial charge in [0.05, 0.1) is 16.2 Å². The number of halogens is 1. The van der Waals surface area contributed by atoms with Crippen molar-refractivity contribution < 1.29 is 9.53 Å². The van der Waals surface area contributed by atoms with Crippen LogP contribution in [0.25, 0.3) is 33.5 Å². The number of likely N-dealkylation sites (N-methyl/N-ethyl adjacent to an activating group) is 1. The van der Waals surface area contributed by atoms with Crippen LogP contribution >= 0.6 is 11.6 Å². The van der Waals surface area contributed by atoms with Gasteiger partial charge >= 0.3 is 5.97 Å². The molecule has 1 unspecified atom stereocenters. The van der Waals surface area contributed by atoms with Crippen molar-refractivity contribution in [1.29, 1.82) is 0 Å². The average Bonchev–Trinajstić information content (AvgIpc) is 3.41. The molecule has 33 heavy (non-hydrogen) atoms. The van der Waals surface area contributed by atoms with Gasteiger partial charge in [-0.1, -0.05) is 17.7 Å². The minimum Gasteiger partial charge on any atom is -0.456 e. The van der Waals surface area contributed by atoms with Crippen LogP contribution in [0.2, 0.25) is 5.02 Å². The second kappa shape index (κ2) is 8.42. The Labute approximate surface area is 195 Å². The highest BCUT2D eigenvalue weighted by molar-refractivity contribution is 6.35. The van der Waals surface area contributed by atoms with Gasteiger partial charge < -0.3 is 15.4 Å². The molecule has 3 aromatic heterocycles. The van der Waals surface area contributed by atoms with Gasteiger partial charge in [-0.3, -0.25) is 9.67 Å². The summed E-state index contributed by atoms with van der Waals surface area (Å²) in [6, 6.07) is 9.21. The molecule has 4 heterocycles. The maximum absolute atomic E-state index is 13.0. The smallest absolute Gasteiger partial charge is 0.361 e. The van der Waals surface area contributed by atoms with Crippen LogP contribution in [0.5, 0.6) is 0 Å². The Morgan fingerprint density at radius 2 is 2.06 bits per heavy atom. The highest BCUT2D eigenvalue weighted by atomic mass is 35.5. The second-order valence-electron chi connectivity index (χ2n) is 8.14. The molecular weight excluding hydrogens is 442 g/mol. The van der Waals surface area contributed by atoms with E-state index in [0.29, 0.717) is 39.7 Å². The van der Waals surface area contributed by atoms with Gasteiger partial charge in [0.15, 0.2) is 11.5 Å². The Morgan fingerprint density at radius 1 is 1.21 bits per heavy atom. The average molecular weight is 464 g/mol. The van der Waals surface area contributed by atoms with E-state index in [1.165, 1.54) is 0 Å². The number of hydrogen-bond acceptors (Lipinski definition) is 8. The van der Waals surface area contributed by atoms with Crippen molar-refractivity contribution >= 4 is 34.3 Å². The van der Waals surface area contributed by atoms with Crippen molar-refractivity contribution in [2.45, 2.75) is 12.5 Å². The van der Waals surface area contributed by atoms with E-state index in [1.54, 1.807) is 23.1 Å². The van der Waals surface area contributed by atoms with Gasteiger partial charge in [-0.2, -0.15) is 5.10 Å². The largest absolute Gasteiger partial charge is 0.456 e. The fraction of sp³-hybridized carbons (Fsp3) is 0.261. The van der Waals surface area contributed by atoms with Crippen LogP contribution < -0.4 is 5.73 Å². The van der Waals surface area contributed by atoms with E-state index in [9.17, 15) is 4.79 Å². The van der Waals surface area contributed by atoms with Crippen molar-refractivity contribution in [1.82, 2.24) is 29.6 Å². The van der Waals surface area contributed by atoms with Crippen molar-refractivity contribution in [3.05, 3.63) is 53.4 Å². The van der Waals surface area contributed by atoms with Crippen LogP contribution in [0.1, 0.15) is 16.9 Å². The van der Waals surface area contributed by atoms with Crippen LogP contribution in [0.4, 0.5) is 5.82 Å². The van der Waals surface area contributed by atoms with E-state index in [0.717, 1.165) is 18.4 Å². The number of carbonyl (C=O) groups excluding carboxylic acids is 1. The number of aryl methyl sites for hydroxylation is 1. The van der Waals surface area contributed by atoms with Crippen LogP contribution in [0, 0.1) is 0 Å². The zero-order valence-corrected chi connectivity index (χ0v) is 19.0. The van der Waals surface area contributed by atoms with Crippen molar-refractivity contribution in [2.24, 2.45) is 7.05 Å². The third kappa shape index (κ3) is 4.12. The van der Waals surface area contributed by atoms with Crippen LogP contribution in [0.3, 0.4) is 0 Å². The fourth-order valence-corrected chi connectivity index (χ4v) is 4.28. The van der Waals surface area contributed by atoms with Gasteiger partial charge in [-0.25, -0.2) is 14.8 Å². The molecule has 168 valence electrons. The van der Waals surface area contributed by atoms with Gasteiger partial charge in [0.1, 0.15) is 17.5 Å². The van der Waals surface area contributed by atoms with Gasteiger partial charge in [0.2, 0.25) is 0 Å². The molecular formula is C23H22ClN7O2. The molecule has 0 aliphatic carbocycles. The van der Waals surface area contributed by atoms with Crippen LogP contribution in [0.15, 0.2) is 42.7 Å². The number of pyridine rings is 1. The molecule has 2 N–H and O–H groups in total. The molecule has 1 saturated heterocycles. The minimum absolute atomic E-state index is 0.00990. The molecule has 10 heteroatoms. The molecule has 0 spiro atoms. The number of nitrogens with zero attached hydrogens (tertiary/aromatic N) is 6. The number of aromatic nitrogens is 5. The number of esters is 1. The summed E-state index contributed by atoms with van der Waals surface area (Å²) in [5, 5.41) is 5.75. The highest BCUT2D eigenvalue weighted by Crippen LogP contribution is 2.34. The monoisotopic (exact) mass is 463 g/mol. The summed E-state index contributed by atoms with van der Waals surface area (Å²) in [6.07, 6.45) is 4.04. The standard InChI is InChI=1S/C23H22ClN7O2/c1-30-8-5-15(12-30)33-23(32)21-22(25)28-20(17-6-9-31(2)29-17)19(27-21)14-10-13-4-3-7-26-18(13)16(24)11-14/h3-4,6-7,9-11,15H,5,8,12H2,1-2H3,(H2,25,28). The van der Waals surface area contributed by atoms with Gasteiger partial charge in [-0.15, -0.1) is 0 Å². The number of rotatable bonds is 4. The predicted molar refractivity (Wildman–Crippen MR) is 126 cm³/mol. The van der Waals surface area contributed by atoms with E-state index >= 15 is 0 Å². The number of carbonyl (C=O) groups is 1. The van der Waals surface area contributed by atoms with Crippen molar-refractivity contribution in [2.75, 3.05) is 25.9 Å². The molecule has 4 aromatic rings. The summed E-state index contributed by atoms with van der Waals surface area (Å²) in [6.45, 7) is 1.54. The third-order valence-electron chi connectivity index (χ3n) is 5.63. The van der Waals surface area contributed by atoms with E-state index in [-0.39, 0.29) is 17.6 Å². The molecule has 0 bridgehead atoms. The fourth-order valence-electron chi connectivity index (χ4n) is 4.00. The van der Waals surface area contributed by atoms with Crippen molar-refractivity contribution in [3.63, 3.8) is 0 Å². The molecule has 1 fully saturated rings. The number of ether oxygens (including phenoxy) is 1. The Hall–Kier alpha value is -3.56. The summed E-state index contributed by atoms with van der Waals surface area (Å²) in [7, 11) is 3.79. The molecule has 1 atom stereocenters. The molecule has 1 aliphatic heterocycles. The molecule has 1 aromatic carbocycles. The molecule has 0 saturated carbocycles. The molecule has 1 aliphatic rings. The number of anilines is 1. The van der Waals surface area contributed by atoms with E-state index in [4.69, 9.17) is 22.1 Å². The Bertz CT molecular complexity index is 1370. The summed E-state index contributed by atoms with van der Waals surface area (Å²) >= 11 is 6.52. The lowest BCUT2D eigenvalue weighted by Gasteiger charge is -2.15. The maximum Gasteiger partial charge on any atom is 0.361 e. The number of benzene rings is 1. The molecule has 0 radical (unpaired) electrons. The van der Waals surface area contributed by atoms with E-state index in [2.05, 4.69) is 25.0 Å². The Morgan fingerprint density at radius 3 is 2.79 bits per heavy atom. The SMILES string of the molecule is CN1CCC(OC(=O)c2nc(-c3cc(Cl)c4ncccc4c3)c(-c3ccn(C)n3)nc2N)C1. The zero-order valence-electron chi connectivity index (χ0n) is 18.2. The Balaban J connectivity index is 1.64. The lowest BCUT2D eigenvalue weighted by atomic mass is 10.0. The van der Waals surface area contributed by atoms with E-state index < -0.39 is 5.97 Å². The first-order valence-corrected chi connectivity index (χ1v) is 10.9. The number of fused-ring (bicyclic) bond motifs is 1.